The number of unbranched alkanes of at least 4 members (excludes halogenated alkanes) is 1. The minimum absolute atomic E-state index is 0.138. The first-order valence-electron chi connectivity index (χ1n) is 5.72. The fourth-order valence-corrected chi connectivity index (χ4v) is 2.20. The van der Waals surface area contributed by atoms with Gasteiger partial charge in [0, 0.05) is 23.5 Å². The third kappa shape index (κ3) is 4.81. The van der Waals surface area contributed by atoms with Gasteiger partial charge in [-0.05, 0) is 6.42 Å². The number of aromatic amines is 1. The summed E-state index contributed by atoms with van der Waals surface area (Å²) in [6, 6.07) is 0. The van der Waals surface area contributed by atoms with Crippen LogP contribution in [0.4, 0.5) is 0 Å². The van der Waals surface area contributed by atoms with Gasteiger partial charge < -0.3 is 4.74 Å². The largest absolute Gasteiger partial charge is 0.380 e. The van der Waals surface area contributed by atoms with Crippen LogP contribution in [-0.4, -0.2) is 31.2 Å². The maximum atomic E-state index is 11.5. The van der Waals surface area contributed by atoms with E-state index in [0.717, 1.165) is 23.6 Å². The van der Waals surface area contributed by atoms with Crippen LogP contribution in [0.5, 0.6) is 0 Å². The summed E-state index contributed by atoms with van der Waals surface area (Å²) in [4.78, 5) is 24.0. The number of halogens is 1. The van der Waals surface area contributed by atoms with Crippen molar-refractivity contribution in [3.8, 4) is 0 Å². The number of ether oxygens (including phenoxy) is 1. The lowest BCUT2D eigenvalue weighted by molar-refractivity contribution is 0.122. The predicted molar refractivity (Wildman–Crippen MR) is 70.1 cm³/mol. The fraction of sp³-hybridized carbons (Fsp3) is 0.600. The minimum Gasteiger partial charge on any atom is -0.380 e. The summed E-state index contributed by atoms with van der Waals surface area (Å²) in [5.74, 6) is 0. The SMILES string of the molecule is CCCCOCCn1cc(S(=O)(=O)Cl)c(=O)[nH]c1=O. The molecule has 0 unspecified atom stereocenters. The molecule has 19 heavy (non-hydrogen) atoms. The highest BCUT2D eigenvalue weighted by molar-refractivity contribution is 8.13. The quantitative estimate of drug-likeness (QED) is 0.576. The number of aromatic nitrogens is 2. The molecule has 108 valence electrons. The van der Waals surface area contributed by atoms with Gasteiger partial charge in [0.1, 0.15) is 0 Å². The van der Waals surface area contributed by atoms with E-state index in [2.05, 4.69) is 0 Å². The van der Waals surface area contributed by atoms with E-state index < -0.39 is 25.2 Å². The molecular weight excluding hydrogens is 296 g/mol. The smallest absolute Gasteiger partial charge is 0.328 e. The number of hydrogen-bond donors (Lipinski definition) is 1. The van der Waals surface area contributed by atoms with E-state index in [4.69, 9.17) is 15.4 Å². The highest BCUT2D eigenvalue weighted by atomic mass is 35.7. The lowest BCUT2D eigenvalue weighted by Crippen LogP contribution is -2.33. The first-order chi connectivity index (χ1) is 8.86. The Morgan fingerprint density at radius 2 is 2.05 bits per heavy atom. The second-order valence-corrected chi connectivity index (χ2v) is 6.38. The predicted octanol–water partition coefficient (Wildman–Crippen LogP) is 0.281. The third-order valence-corrected chi connectivity index (χ3v) is 3.67. The maximum Gasteiger partial charge on any atom is 0.328 e. The molecule has 0 amide bonds. The van der Waals surface area contributed by atoms with Gasteiger partial charge in [0.15, 0.2) is 4.90 Å². The summed E-state index contributed by atoms with van der Waals surface area (Å²) in [5.41, 5.74) is -1.73. The van der Waals surface area contributed by atoms with Gasteiger partial charge in [-0.1, -0.05) is 13.3 Å². The molecule has 0 aliphatic heterocycles. The molecule has 1 N–H and O–H groups in total. The monoisotopic (exact) mass is 310 g/mol. The second kappa shape index (κ2) is 6.88. The van der Waals surface area contributed by atoms with Crippen molar-refractivity contribution >= 4 is 19.7 Å². The van der Waals surface area contributed by atoms with Crippen molar-refractivity contribution < 1.29 is 13.2 Å². The van der Waals surface area contributed by atoms with E-state index in [1.54, 1.807) is 0 Å². The van der Waals surface area contributed by atoms with Crippen LogP contribution in [0, 0.1) is 0 Å². The third-order valence-electron chi connectivity index (χ3n) is 2.36. The molecule has 0 atom stereocenters. The van der Waals surface area contributed by atoms with E-state index >= 15 is 0 Å². The minimum atomic E-state index is -4.18. The average molecular weight is 311 g/mol. The van der Waals surface area contributed by atoms with E-state index in [9.17, 15) is 18.0 Å². The zero-order chi connectivity index (χ0) is 14.5. The van der Waals surface area contributed by atoms with Crippen LogP contribution in [-0.2, 0) is 20.3 Å². The van der Waals surface area contributed by atoms with Crippen LogP contribution >= 0.6 is 10.7 Å². The Hall–Kier alpha value is -1.12. The van der Waals surface area contributed by atoms with E-state index in [1.165, 1.54) is 0 Å². The summed E-state index contributed by atoms with van der Waals surface area (Å²) < 4.78 is 28.6. The van der Waals surface area contributed by atoms with Crippen molar-refractivity contribution in [2.45, 2.75) is 31.2 Å². The van der Waals surface area contributed by atoms with Gasteiger partial charge >= 0.3 is 5.69 Å². The highest BCUT2D eigenvalue weighted by Gasteiger charge is 2.17. The molecule has 1 aromatic rings. The molecular formula is C10H15ClN2O5S. The number of H-pyrrole nitrogens is 1. The van der Waals surface area contributed by atoms with Crippen LogP contribution < -0.4 is 11.2 Å². The van der Waals surface area contributed by atoms with Gasteiger partial charge in [0.05, 0.1) is 13.2 Å². The topological polar surface area (TPSA) is 98.2 Å². The molecule has 0 aromatic carbocycles. The maximum absolute atomic E-state index is 11.5. The molecule has 0 aliphatic carbocycles. The van der Waals surface area contributed by atoms with Crippen molar-refractivity contribution in [1.29, 1.82) is 0 Å². The molecule has 0 aliphatic rings. The molecule has 0 radical (unpaired) electrons. The number of nitrogens with zero attached hydrogens (tertiary/aromatic N) is 1. The lowest BCUT2D eigenvalue weighted by Gasteiger charge is -2.07. The summed E-state index contributed by atoms with van der Waals surface area (Å²) in [6.45, 7) is 2.97. The molecule has 9 heteroatoms. The number of rotatable bonds is 7. The zero-order valence-electron chi connectivity index (χ0n) is 10.4. The second-order valence-electron chi connectivity index (χ2n) is 3.85. The Kier molecular flexibility index (Phi) is 5.77. The number of nitrogens with one attached hydrogen (secondary N) is 1. The van der Waals surface area contributed by atoms with Gasteiger partial charge in [-0.15, -0.1) is 0 Å². The first kappa shape index (κ1) is 15.9. The Bertz CT molecular complexity index is 634. The molecule has 1 rings (SSSR count). The molecule has 7 nitrogen and oxygen atoms in total. The van der Waals surface area contributed by atoms with Crippen molar-refractivity contribution in [3.05, 3.63) is 27.0 Å². The molecule has 0 bridgehead atoms. The highest BCUT2D eigenvalue weighted by Crippen LogP contribution is 2.07. The van der Waals surface area contributed by atoms with Crippen LogP contribution in [0.1, 0.15) is 19.8 Å². The summed E-state index contributed by atoms with van der Waals surface area (Å²) in [7, 11) is 0.912. The molecule has 0 fully saturated rings. The summed E-state index contributed by atoms with van der Waals surface area (Å²) in [5, 5.41) is 0. The van der Waals surface area contributed by atoms with Gasteiger partial charge in [0.2, 0.25) is 0 Å². The Morgan fingerprint density at radius 1 is 1.37 bits per heavy atom. The van der Waals surface area contributed by atoms with E-state index in [-0.39, 0.29) is 13.2 Å². The van der Waals surface area contributed by atoms with Crippen LogP contribution in [0.15, 0.2) is 20.7 Å². The fourth-order valence-electron chi connectivity index (χ4n) is 1.34. The standard InChI is InChI=1S/C10H15ClN2O5S/c1-2-3-5-18-6-4-13-7-8(19(11,16)17)9(14)12-10(13)15/h7H,2-6H2,1H3,(H,12,14,15). The summed E-state index contributed by atoms with van der Waals surface area (Å²) >= 11 is 0. The van der Waals surface area contributed by atoms with Crippen molar-refractivity contribution in [2.24, 2.45) is 0 Å². The molecule has 0 saturated carbocycles. The van der Waals surface area contributed by atoms with Crippen LogP contribution in [0.25, 0.3) is 0 Å². The average Bonchev–Trinajstić information content (AvgIpc) is 2.29. The van der Waals surface area contributed by atoms with Crippen molar-refractivity contribution in [3.63, 3.8) is 0 Å². The molecule has 1 aromatic heterocycles. The number of hydrogen-bond acceptors (Lipinski definition) is 5. The van der Waals surface area contributed by atoms with Gasteiger partial charge in [0.25, 0.3) is 14.6 Å². The normalized spacial score (nSPS) is 11.7. The first-order valence-corrected chi connectivity index (χ1v) is 8.03. The van der Waals surface area contributed by atoms with Gasteiger partial charge in [-0.25, -0.2) is 13.2 Å². The van der Waals surface area contributed by atoms with Gasteiger partial charge in [-0.3, -0.25) is 14.3 Å². The van der Waals surface area contributed by atoms with Crippen LogP contribution in [0.2, 0.25) is 0 Å². The van der Waals surface area contributed by atoms with Gasteiger partial charge in [-0.2, -0.15) is 0 Å². The Labute approximate surface area is 114 Å². The molecule has 0 saturated heterocycles. The Morgan fingerprint density at radius 3 is 2.63 bits per heavy atom. The van der Waals surface area contributed by atoms with Crippen molar-refractivity contribution in [1.82, 2.24) is 9.55 Å². The van der Waals surface area contributed by atoms with Crippen LogP contribution in [0.3, 0.4) is 0 Å². The van der Waals surface area contributed by atoms with E-state index in [1.807, 2.05) is 11.9 Å². The van der Waals surface area contributed by atoms with Crippen molar-refractivity contribution in [2.75, 3.05) is 13.2 Å². The molecule has 0 spiro atoms. The zero-order valence-corrected chi connectivity index (χ0v) is 12.0. The summed E-state index contributed by atoms with van der Waals surface area (Å²) in [6.07, 6.45) is 2.82. The Balaban J connectivity index is 2.85. The lowest BCUT2D eigenvalue weighted by atomic mass is 10.4. The molecule has 1 heterocycles. The van der Waals surface area contributed by atoms with E-state index in [0.29, 0.717) is 6.61 Å².